The lowest BCUT2D eigenvalue weighted by molar-refractivity contribution is 0.596. The minimum absolute atomic E-state index is 0.0397. The largest absolute Gasteiger partial charge is 0.383 e. The summed E-state index contributed by atoms with van der Waals surface area (Å²) in [4.78, 5) is 8.52. The first-order valence-corrected chi connectivity index (χ1v) is 8.11. The molecule has 0 bridgehead atoms. The lowest BCUT2D eigenvalue weighted by Gasteiger charge is -2.08. The number of nitrogens with one attached hydrogen (secondary N) is 1. The van der Waals surface area contributed by atoms with Crippen molar-refractivity contribution in [2.45, 2.75) is 6.42 Å². The number of sulfonamides is 1. The minimum Gasteiger partial charge on any atom is -0.383 e. The van der Waals surface area contributed by atoms with E-state index in [0.717, 1.165) is 21.2 Å². The Balaban J connectivity index is 2.09. The fourth-order valence-electron chi connectivity index (χ4n) is 1.64. The molecule has 0 fully saturated rings. The fraction of sp³-hybridized carbons (Fsp3) is 0.273. The third-order valence-corrected chi connectivity index (χ3v) is 3.76. The number of aromatic nitrogens is 2. The highest BCUT2D eigenvalue weighted by Gasteiger charge is 2.05. The minimum atomic E-state index is -3.40. The van der Waals surface area contributed by atoms with Crippen molar-refractivity contribution < 1.29 is 8.42 Å². The molecule has 0 aliphatic heterocycles. The molecule has 2 rings (SSSR count). The normalized spacial score (nSPS) is 11.7. The maximum atomic E-state index is 10.8. The third kappa shape index (κ3) is 4.12. The molecule has 0 saturated carbocycles. The van der Waals surface area contributed by atoms with Gasteiger partial charge in [0.1, 0.15) is 5.52 Å². The van der Waals surface area contributed by atoms with Gasteiger partial charge in [-0.1, -0.05) is 0 Å². The molecule has 6 nitrogen and oxygen atoms in total. The molecule has 8 heteroatoms. The van der Waals surface area contributed by atoms with Gasteiger partial charge < -0.3 is 5.32 Å². The second-order valence-corrected chi connectivity index (χ2v) is 6.68. The zero-order valence-electron chi connectivity index (χ0n) is 10.0. The Bertz CT molecular complexity index is 690. The summed E-state index contributed by atoms with van der Waals surface area (Å²) >= 11 is 3.34. The van der Waals surface area contributed by atoms with Crippen molar-refractivity contribution in [2.24, 2.45) is 5.14 Å². The maximum absolute atomic E-state index is 10.8. The number of primary sulfonamides is 1. The summed E-state index contributed by atoms with van der Waals surface area (Å²) in [5.41, 5.74) is 2.35. The van der Waals surface area contributed by atoms with Crippen LogP contribution in [0.1, 0.15) is 6.42 Å². The number of pyridine rings is 2. The van der Waals surface area contributed by atoms with E-state index in [1.165, 1.54) is 0 Å². The van der Waals surface area contributed by atoms with Crippen LogP contribution in [-0.4, -0.2) is 30.7 Å². The van der Waals surface area contributed by atoms with Gasteiger partial charge in [-0.25, -0.2) is 13.6 Å². The summed E-state index contributed by atoms with van der Waals surface area (Å²) in [7, 11) is -3.40. The topological polar surface area (TPSA) is 98.0 Å². The predicted octanol–water partition coefficient (Wildman–Crippen LogP) is 1.48. The van der Waals surface area contributed by atoms with E-state index in [4.69, 9.17) is 5.14 Å². The lowest BCUT2D eigenvalue weighted by Crippen LogP contribution is -2.18. The van der Waals surface area contributed by atoms with E-state index in [0.29, 0.717) is 13.0 Å². The second-order valence-electron chi connectivity index (χ2n) is 4.03. The van der Waals surface area contributed by atoms with Gasteiger partial charge >= 0.3 is 0 Å². The van der Waals surface area contributed by atoms with Crippen LogP contribution in [0.15, 0.2) is 29.0 Å². The van der Waals surface area contributed by atoms with Crippen molar-refractivity contribution in [3.63, 3.8) is 0 Å². The number of fused-ring (bicyclic) bond motifs is 1. The van der Waals surface area contributed by atoms with Crippen molar-refractivity contribution in [2.75, 3.05) is 17.6 Å². The molecule has 0 atom stereocenters. The van der Waals surface area contributed by atoms with Crippen molar-refractivity contribution in [3.8, 4) is 0 Å². The van der Waals surface area contributed by atoms with Crippen LogP contribution in [-0.2, 0) is 10.0 Å². The van der Waals surface area contributed by atoms with Crippen molar-refractivity contribution in [1.29, 1.82) is 0 Å². The van der Waals surface area contributed by atoms with Crippen LogP contribution in [0, 0.1) is 0 Å². The molecule has 0 radical (unpaired) electrons. The summed E-state index contributed by atoms with van der Waals surface area (Å²) in [5.74, 6) is -0.0397. The molecule has 0 unspecified atom stereocenters. The first kappa shape index (κ1) is 14.2. The molecule has 0 aromatic carbocycles. The Morgan fingerprint density at radius 1 is 1.37 bits per heavy atom. The second kappa shape index (κ2) is 5.81. The van der Waals surface area contributed by atoms with E-state index < -0.39 is 10.0 Å². The summed E-state index contributed by atoms with van der Waals surface area (Å²) < 4.78 is 22.5. The summed E-state index contributed by atoms with van der Waals surface area (Å²) in [6.45, 7) is 0.507. The van der Waals surface area contributed by atoms with E-state index >= 15 is 0 Å². The van der Waals surface area contributed by atoms with Crippen LogP contribution in [0.4, 0.5) is 5.69 Å². The smallest absolute Gasteiger partial charge is 0.209 e. The molecule has 0 saturated heterocycles. The Kier molecular flexibility index (Phi) is 4.33. The highest BCUT2D eigenvalue weighted by atomic mass is 79.9. The Labute approximate surface area is 119 Å². The molecule has 2 heterocycles. The lowest BCUT2D eigenvalue weighted by atomic mass is 10.3. The van der Waals surface area contributed by atoms with E-state index in [2.05, 4.69) is 31.2 Å². The zero-order valence-corrected chi connectivity index (χ0v) is 12.4. The monoisotopic (exact) mass is 344 g/mol. The van der Waals surface area contributed by atoms with Crippen LogP contribution in [0.3, 0.4) is 0 Å². The molecule has 19 heavy (non-hydrogen) atoms. The molecule has 102 valence electrons. The standard InChI is InChI=1S/C11H13BrN4O2S/c12-8-6-10-11(16-7-8)9(2-4-15-10)14-3-1-5-19(13,17)18/h2,4,6-7H,1,3,5H2,(H,14,15)(H2,13,17,18). The van der Waals surface area contributed by atoms with Gasteiger partial charge in [-0.05, 0) is 34.5 Å². The van der Waals surface area contributed by atoms with Crippen molar-refractivity contribution in [1.82, 2.24) is 9.97 Å². The average molecular weight is 345 g/mol. The molecule has 0 aliphatic carbocycles. The summed E-state index contributed by atoms with van der Waals surface area (Å²) in [6, 6.07) is 3.68. The van der Waals surface area contributed by atoms with Gasteiger partial charge in [-0.3, -0.25) is 9.97 Å². The molecule has 2 aromatic heterocycles. The van der Waals surface area contributed by atoms with Gasteiger partial charge in [0.15, 0.2) is 0 Å². The van der Waals surface area contributed by atoms with E-state index in [-0.39, 0.29) is 5.75 Å². The number of rotatable bonds is 5. The van der Waals surface area contributed by atoms with Crippen LogP contribution in [0.5, 0.6) is 0 Å². The highest BCUT2D eigenvalue weighted by molar-refractivity contribution is 9.10. The van der Waals surface area contributed by atoms with Crippen LogP contribution < -0.4 is 10.5 Å². The highest BCUT2D eigenvalue weighted by Crippen LogP contribution is 2.21. The number of halogens is 1. The van der Waals surface area contributed by atoms with Crippen LogP contribution in [0.25, 0.3) is 11.0 Å². The van der Waals surface area contributed by atoms with Gasteiger partial charge in [0.2, 0.25) is 10.0 Å². The van der Waals surface area contributed by atoms with Crippen LogP contribution in [0.2, 0.25) is 0 Å². The van der Waals surface area contributed by atoms with E-state index in [1.807, 2.05) is 6.07 Å². The van der Waals surface area contributed by atoms with Gasteiger partial charge in [0.25, 0.3) is 0 Å². The number of hydrogen-bond acceptors (Lipinski definition) is 5. The van der Waals surface area contributed by atoms with Gasteiger partial charge in [0.05, 0.1) is 17.0 Å². The van der Waals surface area contributed by atoms with Gasteiger partial charge in [-0.15, -0.1) is 0 Å². The molecule has 0 spiro atoms. The molecule has 0 amide bonds. The number of hydrogen-bond donors (Lipinski definition) is 2. The SMILES string of the molecule is NS(=O)(=O)CCCNc1ccnc2cc(Br)cnc12. The number of nitrogens with two attached hydrogens (primary N) is 1. The maximum Gasteiger partial charge on any atom is 0.209 e. The quantitative estimate of drug-likeness (QED) is 0.800. The van der Waals surface area contributed by atoms with Gasteiger partial charge in [-0.2, -0.15) is 0 Å². The first-order valence-electron chi connectivity index (χ1n) is 5.60. The Morgan fingerprint density at radius 3 is 2.89 bits per heavy atom. The van der Waals surface area contributed by atoms with Crippen molar-refractivity contribution in [3.05, 3.63) is 29.0 Å². The average Bonchev–Trinajstić information content (AvgIpc) is 2.33. The first-order chi connectivity index (χ1) is 8.96. The molecule has 0 aliphatic rings. The molecule has 2 aromatic rings. The summed E-state index contributed by atoms with van der Waals surface area (Å²) in [5, 5.41) is 8.08. The van der Waals surface area contributed by atoms with E-state index in [9.17, 15) is 8.42 Å². The van der Waals surface area contributed by atoms with Crippen LogP contribution >= 0.6 is 15.9 Å². The van der Waals surface area contributed by atoms with E-state index in [1.54, 1.807) is 18.5 Å². The van der Waals surface area contributed by atoms with Crippen molar-refractivity contribution >= 4 is 42.7 Å². The van der Waals surface area contributed by atoms with Gasteiger partial charge in [0, 0.05) is 23.4 Å². The number of anilines is 1. The molecule has 3 N–H and O–H groups in total. The summed E-state index contributed by atoms with van der Waals surface area (Å²) in [6.07, 6.45) is 3.82. The number of nitrogens with zero attached hydrogens (tertiary/aromatic N) is 2. The fourth-order valence-corrected chi connectivity index (χ4v) is 2.51. The Morgan fingerprint density at radius 2 is 2.16 bits per heavy atom. The predicted molar refractivity (Wildman–Crippen MR) is 78.3 cm³/mol. The zero-order chi connectivity index (χ0) is 13.9. The molecular weight excluding hydrogens is 332 g/mol. The Hall–Kier alpha value is -1.25. The third-order valence-electron chi connectivity index (χ3n) is 2.47. The molecular formula is C11H13BrN4O2S.